The Morgan fingerprint density at radius 3 is 2.61 bits per heavy atom. The van der Waals surface area contributed by atoms with Gasteiger partial charge >= 0.3 is 6.09 Å². The number of halogens is 1. The molecule has 3 aromatic rings. The first-order valence-electron chi connectivity index (χ1n) is 7.18. The zero-order chi connectivity index (χ0) is 16.0. The van der Waals surface area contributed by atoms with E-state index < -0.39 is 11.6 Å². The molecule has 1 aliphatic rings. The summed E-state index contributed by atoms with van der Waals surface area (Å²) in [5.41, 5.74) is 3.34. The van der Waals surface area contributed by atoms with Gasteiger partial charge in [0.1, 0.15) is 0 Å². The molecule has 23 heavy (non-hydrogen) atoms. The van der Waals surface area contributed by atoms with Gasteiger partial charge in [-0.2, -0.15) is 5.10 Å². The third-order valence-corrected chi connectivity index (χ3v) is 4.74. The monoisotopic (exact) mass is 372 g/mol. The average Bonchev–Trinajstić information content (AvgIpc) is 3.23. The Balaban J connectivity index is 1.66. The minimum absolute atomic E-state index is 0.403. The summed E-state index contributed by atoms with van der Waals surface area (Å²) in [5, 5.41) is 15.8. The van der Waals surface area contributed by atoms with Crippen molar-refractivity contribution in [2.45, 2.75) is 18.4 Å². The molecular weight excluding hydrogens is 360 g/mol. The molecule has 116 valence electrons. The van der Waals surface area contributed by atoms with Gasteiger partial charge in [0, 0.05) is 18.0 Å². The van der Waals surface area contributed by atoms with E-state index in [-0.39, 0.29) is 0 Å². The summed E-state index contributed by atoms with van der Waals surface area (Å²) in [6.45, 7) is 0. The zero-order valence-electron chi connectivity index (χ0n) is 12.0. The molecule has 0 unspecified atom stereocenters. The highest BCUT2D eigenvalue weighted by Gasteiger charge is 2.45. The first-order valence-corrected chi connectivity index (χ1v) is 7.98. The second kappa shape index (κ2) is 5.06. The minimum atomic E-state index is -0.981. The van der Waals surface area contributed by atoms with Crippen molar-refractivity contribution in [1.82, 2.24) is 19.9 Å². The van der Waals surface area contributed by atoms with Crippen molar-refractivity contribution >= 4 is 27.7 Å². The lowest BCUT2D eigenvalue weighted by atomic mass is 10.0. The van der Waals surface area contributed by atoms with Crippen molar-refractivity contribution in [3.05, 3.63) is 52.9 Å². The van der Waals surface area contributed by atoms with Crippen molar-refractivity contribution in [3.63, 3.8) is 0 Å². The summed E-state index contributed by atoms with van der Waals surface area (Å²) in [6, 6.07) is 7.92. The van der Waals surface area contributed by atoms with Gasteiger partial charge in [-0.15, -0.1) is 0 Å². The Kier molecular flexibility index (Phi) is 3.12. The van der Waals surface area contributed by atoms with Crippen LogP contribution < -0.4 is 5.32 Å². The van der Waals surface area contributed by atoms with Crippen LogP contribution in [0.4, 0.5) is 4.79 Å². The number of aromatic nitrogens is 3. The van der Waals surface area contributed by atoms with E-state index in [2.05, 4.69) is 31.3 Å². The van der Waals surface area contributed by atoms with Crippen LogP contribution in [0.1, 0.15) is 18.4 Å². The second-order valence-electron chi connectivity index (χ2n) is 5.69. The molecule has 1 saturated carbocycles. The maximum absolute atomic E-state index is 10.9. The number of hydrogen-bond acceptors (Lipinski definition) is 3. The highest BCUT2D eigenvalue weighted by molar-refractivity contribution is 9.10. The largest absolute Gasteiger partial charge is 0.465 e. The van der Waals surface area contributed by atoms with E-state index in [1.807, 2.05) is 30.5 Å². The molecule has 0 radical (unpaired) electrons. The number of carbonyl (C=O) groups is 1. The molecule has 1 fully saturated rings. The molecule has 1 amide bonds. The van der Waals surface area contributed by atoms with Crippen LogP contribution in [0, 0.1) is 0 Å². The maximum Gasteiger partial charge on any atom is 0.405 e. The molecular formula is C16H13BrN4O2. The van der Waals surface area contributed by atoms with Crippen LogP contribution in [-0.4, -0.2) is 25.8 Å². The number of amides is 1. The number of rotatable bonds is 3. The van der Waals surface area contributed by atoms with Crippen LogP contribution in [-0.2, 0) is 5.54 Å². The molecule has 7 heteroatoms. The first-order chi connectivity index (χ1) is 11.1. The SMILES string of the molecule is O=C(O)NC1(c2ccc(-c3cnc4c(Br)cnn4c3)cc2)CC1. The number of fused-ring (bicyclic) bond motifs is 1. The Morgan fingerprint density at radius 1 is 1.22 bits per heavy atom. The third-order valence-electron chi connectivity index (χ3n) is 4.18. The smallest absolute Gasteiger partial charge is 0.405 e. The molecule has 6 nitrogen and oxygen atoms in total. The van der Waals surface area contributed by atoms with Gasteiger partial charge in [-0.3, -0.25) is 0 Å². The topological polar surface area (TPSA) is 79.5 Å². The Morgan fingerprint density at radius 2 is 1.96 bits per heavy atom. The van der Waals surface area contributed by atoms with Gasteiger partial charge in [-0.25, -0.2) is 14.3 Å². The minimum Gasteiger partial charge on any atom is -0.465 e. The average molecular weight is 373 g/mol. The molecule has 0 bridgehead atoms. The van der Waals surface area contributed by atoms with Crippen LogP contribution in [0.5, 0.6) is 0 Å². The zero-order valence-corrected chi connectivity index (χ0v) is 13.6. The molecule has 0 aliphatic heterocycles. The normalized spacial score (nSPS) is 15.5. The van der Waals surface area contributed by atoms with Gasteiger partial charge in [0.25, 0.3) is 0 Å². The van der Waals surface area contributed by atoms with Crippen LogP contribution in [0.3, 0.4) is 0 Å². The Labute approximate surface area is 140 Å². The second-order valence-corrected chi connectivity index (χ2v) is 6.55. The van der Waals surface area contributed by atoms with E-state index in [0.29, 0.717) is 0 Å². The van der Waals surface area contributed by atoms with Crippen LogP contribution in [0.2, 0.25) is 0 Å². The predicted molar refractivity (Wildman–Crippen MR) is 88.2 cm³/mol. The number of benzene rings is 1. The number of nitrogens with one attached hydrogen (secondary N) is 1. The lowest BCUT2D eigenvalue weighted by molar-refractivity contribution is 0.188. The van der Waals surface area contributed by atoms with Gasteiger partial charge in [0.15, 0.2) is 5.65 Å². The number of hydrogen-bond donors (Lipinski definition) is 2. The summed E-state index contributed by atoms with van der Waals surface area (Å²) in [6.07, 6.45) is 6.14. The lowest BCUT2D eigenvalue weighted by Crippen LogP contribution is -2.33. The van der Waals surface area contributed by atoms with Gasteiger partial charge in [0.05, 0.1) is 16.2 Å². The number of carboxylic acid groups (broad SMARTS) is 1. The Hall–Kier alpha value is -2.41. The van der Waals surface area contributed by atoms with E-state index in [4.69, 9.17) is 5.11 Å². The molecule has 2 aromatic heterocycles. The van der Waals surface area contributed by atoms with Gasteiger partial charge in [0.2, 0.25) is 0 Å². The van der Waals surface area contributed by atoms with Crippen molar-refractivity contribution in [1.29, 1.82) is 0 Å². The van der Waals surface area contributed by atoms with Gasteiger partial charge in [-0.1, -0.05) is 24.3 Å². The standard InChI is InChI=1S/C16H13BrN4O2/c17-13-8-19-21-9-11(7-18-14(13)21)10-1-3-12(4-2-10)16(5-6-16)20-15(22)23/h1-4,7-9,20H,5-6H2,(H,22,23). The fourth-order valence-corrected chi connectivity index (χ4v) is 3.17. The van der Waals surface area contributed by atoms with E-state index in [0.717, 1.165) is 39.7 Å². The lowest BCUT2D eigenvalue weighted by Gasteiger charge is -2.16. The summed E-state index contributed by atoms with van der Waals surface area (Å²) in [4.78, 5) is 15.3. The highest BCUT2D eigenvalue weighted by atomic mass is 79.9. The summed E-state index contributed by atoms with van der Waals surface area (Å²) in [5.74, 6) is 0. The predicted octanol–water partition coefficient (Wildman–Crippen LogP) is 3.42. The van der Waals surface area contributed by atoms with E-state index in [1.165, 1.54) is 0 Å². The third kappa shape index (κ3) is 2.46. The highest BCUT2D eigenvalue weighted by Crippen LogP contribution is 2.45. The first kappa shape index (κ1) is 14.2. The van der Waals surface area contributed by atoms with Gasteiger partial charge < -0.3 is 10.4 Å². The molecule has 0 spiro atoms. The molecule has 4 rings (SSSR count). The maximum atomic E-state index is 10.9. The molecule has 1 aromatic carbocycles. The molecule has 2 N–H and O–H groups in total. The van der Waals surface area contributed by atoms with E-state index in [1.54, 1.807) is 16.9 Å². The summed E-state index contributed by atoms with van der Waals surface area (Å²) < 4.78 is 2.58. The fraction of sp³-hybridized carbons (Fsp3) is 0.188. The summed E-state index contributed by atoms with van der Waals surface area (Å²) >= 11 is 3.40. The van der Waals surface area contributed by atoms with Crippen LogP contribution >= 0.6 is 15.9 Å². The van der Waals surface area contributed by atoms with Crippen molar-refractivity contribution in [2.24, 2.45) is 0 Å². The van der Waals surface area contributed by atoms with Gasteiger partial charge in [-0.05, 0) is 39.9 Å². The molecule has 1 aliphatic carbocycles. The van der Waals surface area contributed by atoms with E-state index in [9.17, 15) is 4.79 Å². The molecule has 2 heterocycles. The van der Waals surface area contributed by atoms with Crippen LogP contribution in [0.15, 0.2) is 47.3 Å². The fourth-order valence-electron chi connectivity index (χ4n) is 2.79. The van der Waals surface area contributed by atoms with Crippen molar-refractivity contribution < 1.29 is 9.90 Å². The van der Waals surface area contributed by atoms with Crippen molar-refractivity contribution in [3.8, 4) is 11.1 Å². The summed E-state index contributed by atoms with van der Waals surface area (Å²) in [7, 11) is 0. The molecule has 0 atom stereocenters. The quantitative estimate of drug-likeness (QED) is 0.738. The Bertz CT molecular complexity index is 900. The van der Waals surface area contributed by atoms with E-state index >= 15 is 0 Å². The number of nitrogens with zero attached hydrogens (tertiary/aromatic N) is 3. The molecule has 0 saturated heterocycles. The van der Waals surface area contributed by atoms with Crippen molar-refractivity contribution in [2.75, 3.05) is 0 Å². The van der Waals surface area contributed by atoms with Crippen LogP contribution in [0.25, 0.3) is 16.8 Å².